The summed E-state index contributed by atoms with van der Waals surface area (Å²) in [7, 11) is 0. The third kappa shape index (κ3) is 2.37. The van der Waals surface area contributed by atoms with Gasteiger partial charge in [-0.15, -0.1) is 0 Å². The minimum Gasteiger partial charge on any atom is -0.341 e. The predicted octanol–water partition coefficient (Wildman–Crippen LogP) is 3.31. The monoisotopic (exact) mass is 267 g/mol. The highest BCUT2D eigenvalue weighted by molar-refractivity contribution is 9.10. The fraction of sp³-hybridized carbons (Fsp3) is 0.455. The smallest absolute Gasteiger partial charge is 0.177 e. The molecule has 0 fully saturated rings. The highest BCUT2D eigenvalue weighted by Gasteiger charge is 2.07. The third-order valence-electron chi connectivity index (χ3n) is 2.59. The Bertz CT molecular complexity index is 464. The Balaban J connectivity index is 2.30. The van der Waals surface area contributed by atoms with Crippen LogP contribution in [0, 0.1) is 5.92 Å². The van der Waals surface area contributed by atoms with E-state index in [1.54, 1.807) is 6.20 Å². The van der Waals surface area contributed by atoms with Crippen molar-refractivity contribution in [2.45, 2.75) is 26.7 Å². The van der Waals surface area contributed by atoms with Crippen molar-refractivity contribution in [1.82, 2.24) is 15.0 Å². The predicted molar refractivity (Wildman–Crippen MR) is 64.7 cm³/mol. The SMILES string of the molecule is CCC(C)Cc1nc2ncc(Br)cc2[nH]1. The molecular formula is C11H14BrN3. The summed E-state index contributed by atoms with van der Waals surface area (Å²) in [4.78, 5) is 12.0. The van der Waals surface area contributed by atoms with Crippen molar-refractivity contribution < 1.29 is 0 Å². The van der Waals surface area contributed by atoms with Crippen molar-refractivity contribution in [1.29, 1.82) is 0 Å². The molecule has 2 aromatic rings. The van der Waals surface area contributed by atoms with Crippen molar-refractivity contribution in [3.8, 4) is 0 Å². The minimum atomic E-state index is 0.661. The van der Waals surface area contributed by atoms with Gasteiger partial charge in [-0.05, 0) is 27.9 Å². The summed E-state index contributed by atoms with van der Waals surface area (Å²) < 4.78 is 0.980. The van der Waals surface area contributed by atoms with Gasteiger partial charge in [0.25, 0.3) is 0 Å². The van der Waals surface area contributed by atoms with Crippen molar-refractivity contribution in [3.05, 3.63) is 22.6 Å². The van der Waals surface area contributed by atoms with Crippen LogP contribution in [-0.2, 0) is 6.42 Å². The number of hydrogen-bond donors (Lipinski definition) is 1. The van der Waals surface area contributed by atoms with Gasteiger partial charge < -0.3 is 4.98 Å². The van der Waals surface area contributed by atoms with Crippen LogP contribution in [0.15, 0.2) is 16.7 Å². The fourth-order valence-corrected chi connectivity index (χ4v) is 1.83. The van der Waals surface area contributed by atoms with Crippen LogP contribution in [-0.4, -0.2) is 15.0 Å². The third-order valence-corrected chi connectivity index (χ3v) is 3.03. The van der Waals surface area contributed by atoms with Crippen molar-refractivity contribution in [3.63, 3.8) is 0 Å². The van der Waals surface area contributed by atoms with Gasteiger partial charge >= 0.3 is 0 Å². The van der Waals surface area contributed by atoms with E-state index in [9.17, 15) is 0 Å². The van der Waals surface area contributed by atoms with Crippen LogP contribution in [0.25, 0.3) is 11.2 Å². The number of aromatic nitrogens is 3. The second-order valence-corrected chi connectivity index (χ2v) is 4.84. The van der Waals surface area contributed by atoms with E-state index in [1.807, 2.05) is 6.07 Å². The van der Waals surface area contributed by atoms with E-state index in [-0.39, 0.29) is 0 Å². The van der Waals surface area contributed by atoms with Gasteiger partial charge in [0.05, 0.1) is 5.52 Å². The van der Waals surface area contributed by atoms with E-state index in [0.29, 0.717) is 5.92 Å². The Morgan fingerprint density at radius 3 is 3.07 bits per heavy atom. The second kappa shape index (κ2) is 4.31. The number of nitrogens with one attached hydrogen (secondary N) is 1. The summed E-state index contributed by atoms with van der Waals surface area (Å²) in [6.07, 6.45) is 3.94. The van der Waals surface area contributed by atoms with Crippen molar-refractivity contribution >= 4 is 27.1 Å². The van der Waals surface area contributed by atoms with Crippen molar-refractivity contribution in [2.24, 2.45) is 5.92 Å². The first kappa shape index (κ1) is 10.6. The first-order valence-corrected chi connectivity index (χ1v) is 5.98. The molecule has 2 aromatic heterocycles. The molecule has 15 heavy (non-hydrogen) atoms. The summed E-state index contributed by atoms with van der Waals surface area (Å²) in [5.41, 5.74) is 1.80. The molecule has 0 aromatic carbocycles. The minimum absolute atomic E-state index is 0.661. The quantitative estimate of drug-likeness (QED) is 0.927. The Morgan fingerprint density at radius 2 is 2.33 bits per heavy atom. The first-order chi connectivity index (χ1) is 7.19. The van der Waals surface area contributed by atoms with Crippen LogP contribution < -0.4 is 0 Å². The molecule has 0 saturated carbocycles. The zero-order chi connectivity index (χ0) is 10.8. The van der Waals surface area contributed by atoms with Gasteiger partial charge in [0.15, 0.2) is 5.65 Å². The molecule has 80 valence electrons. The Hall–Kier alpha value is -0.900. The maximum absolute atomic E-state index is 4.45. The highest BCUT2D eigenvalue weighted by atomic mass is 79.9. The summed E-state index contributed by atoms with van der Waals surface area (Å²) in [5.74, 6) is 1.69. The summed E-state index contributed by atoms with van der Waals surface area (Å²) >= 11 is 3.40. The largest absolute Gasteiger partial charge is 0.341 e. The zero-order valence-corrected chi connectivity index (χ0v) is 10.5. The molecule has 0 radical (unpaired) electrons. The molecule has 0 aliphatic heterocycles. The summed E-state index contributed by atoms with van der Waals surface area (Å²) in [6.45, 7) is 4.43. The second-order valence-electron chi connectivity index (χ2n) is 3.93. The molecule has 1 atom stereocenters. The van der Waals surface area contributed by atoms with Crippen LogP contribution in [0.5, 0.6) is 0 Å². The Morgan fingerprint density at radius 1 is 1.53 bits per heavy atom. The molecule has 0 spiro atoms. The van der Waals surface area contributed by atoms with Gasteiger partial charge in [-0.2, -0.15) is 0 Å². The summed E-state index contributed by atoms with van der Waals surface area (Å²) in [6, 6.07) is 2.01. The molecule has 0 aliphatic rings. The van der Waals surface area contributed by atoms with Crippen LogP contribution in [0.2, 0.25) is 0 Å². The molecular weight excluding hydrogens is 254 g/mol. The number of hydrogen-bond acceptors (Lipinski definition) is 2. The number of halogens is 1. The van der Waals surface area contributed by atoms with Crippen LogP contribution in [0.4, 0.5) is 0 Å². The average molecular weight is 268 g/mol. The molecule has 0 saturated heterocycles. The number of fused-ring (bicyclic) bond motifs is 1. The summed E-state index contributed by atoms with van der Waals surface area (Å²) in [5, 5.41) is 0. The Labute approximate surface area is 97.5 Å². The van der Waals surface area contributed by atoms with E-state index in [4.69, 9.17) is 0 Å². The van der Waals surface area contributed by atoms with Crippen molar-refractivity contribution in [2.75, 3.05) is 0 Å². The van der Waals surface area contributed by atoms with E-state index in [2.05, 4.69) is 44.7 Å². The van der Waals surface area contributed by atoms with Gasteiger partial charge in [-0.1, -0.05) is 20.3 Å². The topological polar surface area (TPSA) is 41.6 Å². The molecule has 1 N–H and O–H groups in total. The molecule has 2 heterocycles. The standard InChI is InChI=1S/C11H14BrN3/c1-3-7(2)4-10-14-9-5-8(12)6-13-11(9)15-10/h5-7H,3-4H2,1-2H3,(H,13,14,15). The van der Waals surface area contributed by atoms with Gasteiger partial charge in [-0.25, -0.2) is 9.97 Å². The highest BCUT2D eigenvalue weighted by Crippen LogP contribution is 2.17. The lowest BCUT2D eigenvalue weighted by Crippen LogP contribution is -1.99. The van der Waals surface area contributed by atoms with E-state index in [1.165, 1.54) is 6.42 Å². The molecule has 0 aliphatic carbocycles. The number of pyridine rings is 1. The lowest BCUT2D eigenvalue weighted by Gasteiger charge is -2.03. The maximum Gasteiger partial charge on any atom is 0.177 e. The van der Waals surface area contributed by atoms with Gasteiger partial charge in [-0.3, -0.25) is 0 Å². The van der Waals surface area contributed by atoms with Gasteiger partial charge in [0.2, 0.25) is 0 Å². The maximum atomic E-state index is 4.45. The molecule has 0 amide bonds. The van der Waals surface area contributed by atoms with Crippen LogP contribution >= 0.6 is 15.9 Å². The van der Waals surface area contributed by atoms with Crippen LogP contribution in [0.3, 0.4) is 0 Å². The lowest BCUT2D eigenvalue weighted by molar-refractivity contribution is 0.547. The van der Waals surface area contributed by atoms with E-state index < -0.39 is 0 Å². The molecule has 0 bridgehead atoms. The van der Waals surface area contributed by atoms with E-state index in [0.717, 1.165) is 27.9 Å². The first-order valence-electron chi connectivity index (χ1n) is 5.19. The normalized spacial score (nSPS) is 13.3. The fourth-order valence-electron chi connectivity index (χ4n) is 1.50. The number of H-pyrrole nitrogens is 1. The zero-order valence-electron chi connectivity index (χ0n) is 8.92. The van der Waals surface area contributed by atoms with E-state index >= 15 is 0 Å². The molecule has 2 rings (SSSR count). The lowest BCUT2D eigenvalue weighted by atomic mass is 10.1. The molecule has 3 nitrogen and oxygen atoms in total. The van der Waals surface area contributed by atoms with Gasteiger partial charge in [0.1, 0.15) is 5.82 Å². The number of rotatable bonds is 3. The average Bonchev–Trinajstić information content (AvgIpc) is 2.59. The number of nitrogens with zero attached hydrogens (tertiary/aromatic N) is 2. The molecule has 4 heteroatoms. The van der Waals surface area contributed by atoms with Crippen LogP contribution in [0.1, 0.15) is 26.1 Å². The molecule has 1 unspecified atom stereocenters. The van der Waals surface area contributed by atoms with Gasteiger partial charge in [0, 0.05) is 17.1 Å². The number of aromatic amines is 1. The Kier molecular flexibility index (Phi) is 3.05. The number of imidazole rings is 1.